The second-order valence-electron chi connectivity index (χ2n) is 4.72. The molecule has 1 aromatic carbocycles. The van der Waals surface area contributed by atoms with Gasteiger partial charge in [0.05, 0.1) is 11.4 Å². The lowest BCUT2D eigenvalue weighted by molar-refractivity contribution is -0.119. The molecule has 1 aromatic rings. The van der Waals surface area contributed by atoms with Crippen LogP contribution in [0.15, 0.2) is 23.1 Å². The van der Waals surface area contributed by atoms with E-state index in [1.165, 1.54) is 12.1 Å². The number of primary amides is 1. The van der Waals surface area contributed by atoms with E-state index in [-0.39, 0.29) is 10.8 Å². The normalized spacial score (nSPS) is 14.9. The van der Waals surface area contributed by atoms with Gasteiger partial charge in [-0.15, -0.1) is 0 Å². The molecule has 1 heterocycles. The number of carbonyl (C=O) groups excluding carboxylic acids is 2. The summed E-state index contributed by atoms with van der Waals surface area (Å²) in [7, 11) is -3.78. The van der Waals surface area contributed by atoms with Crippen LogP contribution in [0.3, 0.4) is 0 Å². The maximum atomic E-state index is 12.0. The van der Waals surface area contributed by atoms with Crippen molar-refractivity contribution in [3.63, 3.8) is 0 Å². The van der Waals surface area contributed by atoms with Crippen molar-refractivity contribution in [3.05, 3.63) is 23.8 Å². The number of hydrogen-bond acceptors (Lipinski definition) is 4. The number of nitrogens with two attached hydrogens (primary N) is 1. The highest BCUT2D eigenvalue weighted by Crippen LogP contribution is 2.29. The van der Waals surface area contributed by atoms with Crippen molar-refractivity contribution in [3.8, 4) is 0 Å². The molecule has 0 bridgehead atoms. The Kier molecular flexibility index (Phi) is 4.29. The number of fused-ring (bicyclic) bond motifs is 1. The van der Waals surface area contributed by atoms with E-state index in [0.29, 0.717) is 19.4 Å². The lowest BCUT2D eigenvalue weighted by Gasteiger charge is -2.28. The summed E-state index contributed by atoms with van der Waals surface area (Å²) in [5, 5.41) is 0. The Morgan fingerprint density at radius 3 is 2.71 bits per heavy atom. The molecule has 1 aliphatic heterocycles. The van der Waals surface area contributed by atoms with Gasteiger partial charge in [0.25, 0.3) is 0 Å². The fourth-order valence-corrected chi connectivity index (χ4v) is 3.34. The van der Waals surface area contributed by atoms with Gasteiger partial charge in [0.2, 0.25) is 21.8 Å². The Hall–Kier alpha value is -1.93. The zero-order valence-electron chi connectivity index (χ0n) is 11.6. The fraction of sp³-hybridized carbons (Fsp3) is 0.385. The minimum atomic E-state index is -3.78. The van der Waals surface area contributed by atoms with E-state index in [1.54, 1.807) is 11.0 Å². The van der Waals surface area contributed by atoms with E-state index < -0.39 is 22.5 Å². The molecule has 0 aliphatic carbocycles. The quantitative estimate of drug-likeness (QED) is 0.781. The van der Waals surface area contributed by atoms with Gasteiger partial charge in [-0.25, -0.2) is 13.1 Å². The molecule has 2 rings (SSSR count). The summed E-state index contributed by atoms with van der Waals surface area (Å²) in [6, 6.07) is 4.58. The van der Waals surface area contributed by atoms with Gasteiger partial charge in [-0.1, -0.05) is 0 Å². The summed E-state index contributed by atoms with van der Waals surface area (Å²) < 4.78 is 26.2. The first-order valence-corrected chi connectivity index (χ1v) is 8.04. The molecule has 0 aromatic heterocycles. The van der Waals surface area contributed by atoms with Crippen molar-refractivity contribution >= 4 is 27.5 Å². The molecule has 0 spiro atoms. The van der Waals surface area contributed by atoms with Gasteiger partial charge >= 0.3 is 0 Å². The summed E-state index contributed by atoms with van der Waals surface area (Å²) in [4.78, 5) is 24.2. The first-order valence-electron chi connectivity index (χ1n) is 6.56. The number of benzene rings is 1. The Morgan fingerprint density at radius 2 is 2.10 bits per heavy atom. The number of hydrogen-bond donors (Lipinski definition) is 2. The van der Waals surface area contributed by atoms with Crippen molar-refractivity contribution in [1.82, 2.24) is 4.72 Å². The largest absolute Gasteiger partial charge is 0.369 e. The minimum absolute atomic E-state index is 0.0347. The minimum Gasteiger partial charge on any atom is -0.369 e. The van der Waals surface area contributed by atoms with E-state index in [9.17, 15) is 18.0 Å². The molecule has 1 aliphatic rings. The highest BCUT2D eigenvalue weighted by molar-refractivity contribution is 7.89. The maximum absolute atomic E-state index is 12.0. The number of anilines is 1. The molecule has 0 saturated heterocycles. The predicted molar refractivity (Wildman–Crippen MR) is 77.2 cm³/mol. The van der Waals surface area contributed by atoms with Gasteiger partial charge in [0.15, 0.2) is 0 Å². The van der Waals surface area contributed by atoms with E-state index in [0.717, 1.165) is 11.3 Å². The van der Waals surface area contributed by atoms with E-state index in [1.807, 2.05) is 6.92 Å². The fourth-order valence-electron chi connectivity index (χ4n) is 2.30. The Morgan fingerprint density at radius 1 is 1.38 bits per heavy atom. The number of aryl methyl sites for hydroxylation is 1. The van der Waals surface area contributed by atoms with Crippen LogP contribution in [0.2, 0.25) is 0 Å². The standard InChI is InChI=1S/C13H17N3O4S/c1-2-16-11-5-4-10(7-9(11)3-6-13(16)18)21(19,20)15-8-12(14)17/h4-5,7,15H,2-3,6,8H2,1H3,(H2,14,17). The van der Waals surface area contributed by atoms with Crippen LogP contribution in [0, 0.1) is 0 Å². The molecular weight excluding hydrogens is 294 g/mol. The monoisotopic (exact) mass is 311 g/mol. The van der Waals surface area contributed by atoms with Gasteiger partial charge in [0, 0.05) is 18.7 Å². The molecule has 0 atom stereocenters. The first kappa shape index (κ1) is 15.5. The van der Waals surface area contributed by atoms with Crippen LogP contribution in [-0.4, -0.2) is 33.3 Å². The molecule has 8 heteroatoms. The highest BCUT2D eigenvalue weighted by atomic mass is 32.2. The molecule has 0 unspecified atom stereocenters. The predicted octanol–water partition coefficient (Wildman–Crippen LogP) is -0.251. The highest BCUT2D eigenvalue weighted by Gasteiger charge is 2.25. The van der Waals surface area contributed by atoms with Gasteiger partial charge in [-0.2, -0.15) is 0 Å². The van der Waals surface area contributed by atoms with E-state index in [2.05, 4.69) is 4.72 Å². The van der Waals surface area contributed by atoms with Crippen LogP contribution in [0.1, 0.15) is 18.9 Å². The third kappa shape index (κ3) is 3.22. The van der Waals surface area contributed by atoms with Gasteiger partial charge in [0.1, 0.15) is 0 Å². The summed E-state index contributed by atoms with van der Waals surface area (Å²) >= 11 is 0. The second-order valence-corrected chi connectivity index (χ2v) is 6.49. The van der Waals surface area contributed by atoms with Crippen LogP contribution in [0.25, 0.3) is 0 Å². The number of nitrogens with one attached hydrogen (secondary N) is 1. The van der Waals surface area contributed by atoms with Gasteiger partial charge < -0.3 is 10.6 Å². The zero-order chi connectivity index (χ0) is 15.6. The molecule has 3 N–H and O–H groups in total. The van der Waals surface area contributed by atoms with Crippen LogP contribution >= 0.6 is 0 Å². The third-order valence-electron chi connectivity index (χ3n) is 3.31. The maximum Gasteiger partial charge on any atom is 0.241 e. The molecule has 114 valence electrons. The lowest BCUT2D eigenvalue weighted by atomic mass is 10.0. The average molecular weight is 311 g/mol. The molecule has 7 nitrogen and oxygen atoms in total. The second kappa shape index (κ2) is 5.82. The van der Waals surface area contributed by atoms with Gasteiger partial charge in [-0.05, 0) is 37.1 Å². The smallest absolute Gasteiger partial charge is 0.241 e. The average Bonchev–Trinajstić information content (AvgIpc) is 2.44. The first-order chi connectivity index (χ1) is 9.85. The van der Waals surface area contributed by atoms with Crippen LogP contribution in [0.5, 0.6) is 0 Å². The molecular formula is C13H17N3O4S. The van der Waals surface area contributed by atoms with Gasteiger partial charge in [-0.3, -0.25) is 9.59 Å². The van der Waals surface area contributed by atoms with Crippen molar-refractivity contribution in [1.29, 1.82) is 0 Å². The number of sulfonamides is 1. The summed E-state index contributed by atoms with van der Waals surface area (Å²) in [6.45, 7) is 1.96. The number of amides is 2. The summed E-state index contributed by atoms with van der Waals surface area (Å²) in [6.07, 6.45) is 0.864. The van der Waals surface area contributed by atoms with Crippen LogP contribution in [-0.2, 0) is 26.0 Å². The number of nitrogens with zero attached hydrogens (tertiary/aromatic N) is 1. The summed E-state index contributed by atoms with van der Waals surface area (Å²) in [5.41, 5.74) is 6.47. The SMILES string of the molecule is CCN1C(=O)CCc2cc(S(=O)(=O)NCC(N)=O)ccc21. The van der Waals surface area contributed by atoms with E-state index in [4.69, 9.17) is 5.73 Å². The van der Waals surface area contributed by atoms with E-state index >= 15 is 0 Å². The molecule has 21 heavy (non-hydrogen) atoms. The van der Waals surface area contributed by atoms with Crippen molar-refractivity contribution in [2.45, 2.75) is 24.7 Å². The Labute approximate surface area is 123 Å². The summed E-state index contributed by atoms with van der Waals surface area (Å²) in [5.74, 6) is -0.716. The Balaban J connectivity index is 2.33. The Bertz CT molecular complexity index is 685. The van der Waals surface area contributed by atoms with Crippen LogP contribution in [0.4, 0.5) is 5.69 Å². The molecule has 0 radical (unpaired) electrons. The lowest BCUT2D eigenvalue weighted by Crippen LogP contribution is -2.35. The molecule has 2 amide bonds. The van der Waals surface area contributed by atoms with Crippen molar-refractivity contribution in [2.24, 2.45) is 5.73 Å². The third-order valence-corrected chi connectivity index (χ3v) is 4.71. The number of carbonyl (C=O) groups is 2. The van der Waals surface area contributed by atoms with Crippen molar-refractivity contribution in [2.75, 3.05) is 18.0 Å². The topological polar surface area (TPSA) is 110 Å². The zero-order valence-corrected chi connectivity index (χ0v) is 12.4. The van der Waals surface area contributed by atoms with Crippen molar-refractivity contribution < 1.29 is 18.0 Å². The van der Waals surface area contributed by atoms with Crippen LogP contribution < -0.4 is 15.4 Å². The molecule has 0 saturated carbocycles. The number of rotatable bonds is 5. The molecule has 0 fully saturated rings.